The molecule has 2 heterocycles. The Balaban J connectivity index is 1.41. The van der Waals surface area contributed by atoms with Crippen LogP contribution < -0.4 is 14.8 Å². The summed E-state index contributed by atoms with van der Waals surface area (Å²) in [7, 11) is 0. The van der Waals surface area contributed by atoms with E-state index in [2.05, 4.69) is 29.3 Å². The number of amides is 1. The first-order valence-corrected chi connectivity index (χ1v) is 8.85. The monoisotopic (exact) mass is 333 g/mol. The molecule has 0 aliphatic carbocycles. The van der Waals surface area contributed by atoms with Gasteiger partial charge in [0.15, 0.2) is 11.5 Å². The lowest BCUT2D eigenvalue weighted by atomic mass is 10.1. The van der Waals surface area contributed by atoms with Crippen LogP contribution >= 0.6 is 0 Å². The van der Waals surface area contributed by atoms with Crippen LogP contribution in [0.5, 0.6) is 11.5 Å². The highest BCUT2D eigenvalue weighted by Gasteiger charge is 2.21. The zero-order valence-corrected chi connectivity index (χ0v) is 14.4. The summed E-state index contributed by atoms with van der Waals surface area (Å²) in [6.07, 6.45) is 2.27. The van der Waals surface area contributed by atoms with E-state index in [0.717, 1.165) is 63.6 Å². The molecular weight excluding hydrogens is 306 g/mol. The van der Waals surface area contributed by atoms with Gasteiger partial charge in [-0.15, -0.1) is 0 Å². The Bertz CT molecular complexity index is 556. The summed E-state index contributed by atoms with van der Waals surface area (Å²) in [6, 6.07) is 6.11. The van der Waals surface area contributed by atoms with Crippen molar-refractivity contribution >= 4 is 5.91 Å². The number of hydrogen-bond acceptors (Lipinski definition) is 5. The molecule has 2 aliphatic rings. The number of nitrogens with one attached hydrogen (secondary N) is 1. The molecule has 1 amide bonds. The molecule has 0 spiro atoms. The van der Waals surface area contributed by atoms with Crippen LogP contribution in [0.15, 0.2) is 18.2 Å². The molecule has 1 saturated heterocycles. The van der Waals surface area contributed by atoms with E-state index < -0.39 is 0 Å². The van der Waals surface area contributed by atoms with Crippen LogP contribution in [0.3, 0.4) is 0 Å². The lowest BCUT2D eigenvalue weighted by molar-refractivity contribution is -0.132. The Hall–Kier alpha value is -1.79. The average molecular weight is 333 g/mol. The molecule has 1 N–H and O–H groups in total. The summed E-state index contributed by atoms with van der Waals surface area (Å²) in [5, 5.41) is 3.23. The molecule has 1 aromatic carbocycles. The fourth-order valence-corrected chi connectivity index (χ4v) is 3.06. The van der Waals surface area contributed by atoms with E-state index in [0.29, 0.717) is 13.3 Å². The Labute approximate surface area is 143 Å². The van der Waals surface area contributed by atoms with Crippen LogP contribution in [0.1, 0.15) is 25.3 Å². The molecule has 0 unspecified atom stereocenters. The van der Waals surface area contributed by atoms with Gasteiger partial charge in [-0.1, -0.05) is 19.4 Å². The predicted molar refractivity (Wildman–Crippen MR) is 92.2 cm³/mol. The molecule has 132 valence electrons. The number of ether oxygens (including phenoxy) is 2. The van der Waals surface area contributed by atoms with Crippen LogP contribution in [-0.4, -0.2) is 61.8 Å². The quantitative estimate of drug-likeness (QED) is 0.766. The highest BCUT2D eigenvalue weighted by molar-refractivity contribution is 5.78. The van der Waals surface area contributed by atoms with Gasteiger partial charge in [0, 0.05) is 32.7 Å². The molecule has 2 aliphatic heterocycles. The first kappa shape index (κ1) is 17.0. The van der Waals surface area contributed by atoms with Gasteiger partial charge in [-0.25, -0.2) is 0 Å². The molecule has 1 aromatic rings. The molecule has 0 bridgehead atoms. The van der Waals surface area contributed by atoms with Gasteiger partial charge in [0.2, 0.25) is 12.7 Å². The van der Waals surface area contributed by atoms with E-state index in [1.54, 1.807) is 0 Å². The summed E-state index contributed by atoms with van der Waals surface area (Å²) >= 11 is 0. The molecule has 3 rings (SSSR count). The normalized spacial score (nSPS) is 17.3. The molecule has 0 atom stereocenters. The van der Waals surface area contributed by atoms with E-state index in [1.807, 2.05) is 11.0 Å². The molecule has 0 radical (unpaired) electrons. The van der Waals surface area contributed by atoms with Gasteiger partial charge in [0.05, 0.1) is 6.54 Å². The van der Waals surface area contributed by atoms with E-state index in [9.17, 15) is 4.79 Å². The van der Waals surface area contributed by atoms with E-state index in [-0.39, 0.29) is 5.91 Å². The smallest absolute Gasteiger partial charge is 0.236 e. The summed E-state index contributed by atoms with van der Waals surface area (Å²) in [4.78, 5) is 16.5. The van der Waals surface area contributed by atoms with Gasteiger partial charge >= 0.3 is 0 Å². The van der Waals surface area contributed by atoms with Gasteiger partial charge < -0.3 is 19.7 Å². The molecule has 0 aromatic heterocycles. The number of nitrogens with zero attached hydrogens (tertiary/aromatic N) is 2. The van der Waals surface area contributed by atoms with Gasteiger partial charge in [-0.2, -0.15) is 0 Å². The number of carbonyl (C=O) groups excluding carboxylic acids is 1. The number of hydrogen-bond donors (Lipinski definition) is 1. The van der Waals surface area contributed by atoms with Crippen molar-refractivity contribution in [2.24, 2.45) is 0 Å². The molecule has 6 nitrogen and oxygen atoms in total. The van der Waals surface area contributed by atoms with Gasteiger partial charge in [0.25, 0.3) is 0 Å². The van der Waals surface area contributed by atoms with Crippen LogP contribution in [0.2, 0.25) is 0 Å². The van der Waals surface area contributed by atoms with Crippen LogP contribution in [0, 0.1) is 0 Å². The second-order valence-corrected chi connectivity index (χ2v) is 6.37. The van der Waals surface area contributed by atoms with Crippen molar-refractivity contribution in [1.82, 2.24) is 15.1 Å². The van der Waals surface area contributed by atoms with Crippen molar-refractivity contribution in [3.8, 4) is 11.5 Å². The van der Waals surface area contributed by atoms with Crippen molar-refractivity contribution in [2.75, 3.05) is 46.1 Å². The zero-order valence-electron chi connectivity index (χ0n) is 14.4. The lowest BCUT2D eigenvalue weighted by Gasteiger charge is -2.34. The zero-order chi connectivity index (χ0) is 16.8. The largest absolute Gasteiger partial charge is 0.454 e. The Kier molecular flexibility index (Phi) is 5.93. The first-order valence-electron chi connectivity index (χ1n) is 8.85. The Morgan fingerprint density at radius 3 is 2.75 bits per heavy atom. The first-order chi connectivity index (χ1) is 11.8. The fourth-order valence-electron chi connectivity index (χ4n) is 3.06. The third kappa shape index (κ3) is 4.39. The van der Waals surface area contributed by atoms with Crippen LogP contribution in [0.25, 0.3) is 0 Å². The lowest BCUT2D eigenvalue weighted by Crippen LogP contribution is -2.50. The molecule has 6 heteroatoms. The maximum Gasteiger partial charge on any atom is 0.236 e. The molecular formula is C18H27N3O3. The van der Waals surface area contributed by atoms with Crippen molar-refractivity contribution in [2.45, 2.75) is 26.3 Å². The second-order valence-electron chi connectivity index (χ2n) is 6.37. The predicted octanol–water partition coefficient (Wildman–Crippen LogP) is 1.45. The van der Waals surface area contributed by atoms with Crippen LogP contribution in [0.4, 0.5) is 0 Å². The number of unbranched alkanes of at least 4 members (excludes halogenated alkanes) is 1. The van der Waals surface area contributed by atoms with Gasteiger partial charge in [0.1, 0.15) is 0 Å². The topological polar surface area (TPSA) is 54.0 Å². The van der Waals surface area contributed by atoms with E-state index in [4.69, 9.17) is 9.47 Å². The average Bonchev–Trinajstić information content (AvgIpc) is 3.07. The number of piperazine rings is 1. The van der Waals surface area contributed by atoms with Gasteiger partial charge in [-0.05, 0) is 30.7 Å². The van der Waals surface area contributed by atoms with Gasteiger partial charge in [-0.3, -0.25) is 9.69 Å². The molecule has 1 fully saturated rings. The third-order valence-corrected chi connectivity index (χ3v) is 4.55. The van der Waals surface area contributed by atoms with Crippen LogP contribution in [-0.2, 0) is 11.3 Å². The minimum absolute atomic E-state index is 0.217. The number of rotatable bonds is 7. The van der Waals surface area contributed by atoms with Crippen molar-refractivity contribution in [1.29, 1.82) is 0 Å². The standard InChI is InChI=1S/C18H27N3O3/c1-2-3-6-19-12-18(22)21-9-7-20(8-10-21)13-15-4-5-16-17(11-15)24-14-23-16/h4-5,11,19H,2-3,6-10,12-14H2,1H3. The second kappa shape index (κ2) is 8.35. The van der Waals surface area contributed by atoms with E-state index in [1.165, 1.54) is 5.56 Å². The summed E-state index contributed by atoms with van der Waals surface area (Å²) in [5.74, 6) is 1.87. The third-order valence-electron chi connectivity index (χ3n) is 4.55. The highest BCUT2D eigenvalue weighted by Crippen LogP contribution is 2.32. The maximum atomic E-state index is 12.2. The Morgan fingerprint density at radius 2 is 1.96 bits per heavy atom. The summed E-state index contributed by atoms with van der Waals surface area (Å²) < 4.78 is 10.8. The Morgan fingerprint density at radius 1 is 1.17 bits per heavy atom. The minimum atomic E-state index is 0.217. The number of benzene rings is 1. The van der Waals surface area contributed by atoms with Crippen molar-refractivity contribution in [3.05, 3.63) is 23.8 Å². The van der Waals surface area contributed by atoms with E-state index >= 15 is 0 Å². The SMILES string of the molecule is CCCCNCC(=O)N1CCN(Cc2ccc3c(c2)OCO3)CC1. The fraction of sp³-hybridized carbons (Fsp3) is 0.611. The number of carbonyl (C=O) groups is 1. The molecule has 24 heavy (non-hydrogen) atoms. The highest BCUT2D eigenvalue weighted by atomic mass is 16.7. The summed E-state index contributed by atoms with van der Waals surface area (Å²) in [6.45, 7) is 8.17. The maximum absolute atomic E-state index is 12.2. The molecule has 0 saturated carbocycles. The minimum Gasteiger partial charge on any atom is -0.454 e. The summed E-state index contributed by atoms with van der Waals surface area (Å²) in [5.41, 5.74) is 1.22. The van der Waals surface area contributed by atoms with Crippen molar-refractivity contribution in [3.63, 3.8) is 0 Å². The number of fused-ring (bicyclic) bond motifs is 1. The van der Waals surface area contributed by atoms with Crippen molar-refractivity contribution < 1.29 is 14.3 Å².